The van der Waals surface area contributed by atoms with E-state index >= 15 is 0 Å². The Balaban J connectivity index is 2.85. The van der Waals surface area contributed by atoms with Crippen LogP contribution in [-0.2, 0) is 11.3 Å². The summed E-state index contributed by atoms with van der Waals surface area (Å²) in [5.74, 6) is 0.0840. The molecule has 0 radical (unpaired) electrons. The second-order valence-corrected chi connectivity index (χ2v) is 5.56. The third-order valence-corrected chi connectivity index (χ3v) is 3.82. The molecule has 1 rings (SSSR count). The molecule has 2 unspecified atom stereocenters. The molecule has 0 aliphatic carbocycles. The van der Waals surface area contributed by atoms with Gasteiger partial charge in [-0.25, -0.2) is 0 Å². The summed E-state index contributed by atoms with van der Waals surface area (Å²) in [6.07, 6.45) is 1.94. The van der Waals surface area contributed by atoms with Gasteiger partial charge in [-0.1, -0.05) is 26.0 Å². The van der Waals surface area contributed by atoms with Gasteiger partial charge >= 0.3 is 0 Å². The minimum absolute atomic E-state index is 0.0840. The lowest BCUT2D eigenvalue weighted by atomic mass is 10.1. The molecule has 3 N–H and O–H groups in total. The molecule has 0 fully saturated rings. The summed E-state index contributed by atoms with van der Waals surface area (Å²) in [6, 6.07) is 8.18. The molecule has 1 aromatic carbocycles. The van der Waals surface area contributed by atoms with Gasteiger partial charge in [0.25, 0.3) is 0 Å². The van der Waals surface area contributed by atoms with Crippen LogP contribution in [0.4, 0.5) is 5.69 Å². The van der Waals surface area contributed by atoms with Crippen LogP contribution < -0.4 is 16.0 Å². The SMILES string of the molecule is CCCN(c1ccc(CN)cc1)C(C)C(=O)NC(C)CC. The van der Waals surface area contributed by atoms with Crippen LogP contribution in [0.5, 0.6) is 0 Å². The van der Waals surface area contributed by atoms with Crippen molar-refractivity contribution in [2.45, 2.75) is 59.2 Å². The zero-order chi connectivity index (χ0) is 15.8. The Bertz CT molecular complexity index is 430. The highest BCUT2D eigenvalue weighted by Crippen LogP contribution is 2.18. The lowest BCUT2D eigenvalue weighted by Crippen LogP contribution is -2.48. The summed E-state index contributed by atoms with van der Waals surface area (Å²) in [4.78, 5) is 14.5. The Morgan fingerprint density at radius 1 is 1.24 bits per heavy atom. The fraction of sp³-hybridized carbons (Fsp3) is 0.588. The number of nitrogens with zero attached hydrogens (tertiary/aromatic N) is 1. The Labute approximate surface area is 128 Å². The summed E-state index contributed by atoms with van der Waals surface area (Å²) in [5, 5.41) is 3.06. The standard InChI is InChI=1S/C17H29N3O/c1-5-11-20(14(4)17(21)19-13(3)6-2)16-9-7-15(12-18)8-10-16/h7-10,13-14H,5-6,11-12,18H2,1-4H3,(H,19,21). The molecule has 0 aliphatic rings. The predicted octanol–water partition coefficient (Wildman–Crippen LogP) is 2.66. The van der Waals surface area contributed by atoms with Crippen LogP contribution in [0, 0.1) is 0 Å². The van der Waals surface area contributed by atoms with Gasteiger partial charge in [-0.05, 0) is 44.4 Å². The van der Waals surface area contributed by atoms with Gasteiger partial charge in [-0.15, -0.1) is 0 Å². The summed E-state index contributed by atoms with van der Waals surface area (Å²) in [5.41, 5.74) is 7.81. The number of nitrogens with two attached hydrogens (primary N) is 1. The molecule has 0 heterocycles. The van der Waals surface area contributed by atoms with E-state index in [2.05, 4.69) is 24.1 Å². The smallest absolute Gasteiger partial charge is 0.242 e. The molecule has 0 aliphatic heterocycles. The Morgan fingerprint density at radius 3 is 2.33 bits per heavy atom. The molecule has 1 aromatic rings. The third-order valence-electron chi connectivity index (χ3n) is 3.82. The van der Waals surface area contributed by atoms with Gasteiger partial charge in [0, 0.05) is 24.8 Å². The summed E-state index contributed by atoms with van der Waals surface area (Å²) in [7, 11) is 0. The number of hydrogen-bond acceptors (Lipinski definition) is 3. The average Bonchev–Trinajstić information content (AvgIpc) is 2.51. The van der Waals surface area contributed by atoms with Crippen molar-refractivity contribution >= 4 is 11.6 Å². The van der Waals surface area contributed by atoms with Crippen LogP contribution in [0.1, 0.15) is 46.1 Å². The average molecular weight is 291 g/mol. The minimum atomic E-state index is -0.178. The number of benzene rings is 1. The first kappa shape index (κ1) is 17.5. The maximum Gasteiger partial charge on any atom is 0.242 e. The van der Waals surface area contributed by atoms with Gasteiger partial charge in [0.1, 0.15) is 6.04 Å². The monoisotopic (exact) mass is 291 g/mol. The predicted molar refractivity (Wildman–Crippen MR) is 89.3 cm³/mol. The van der Waals surface area contributed by atoms with Crippen LogP contribution in [0.15, 0.2) is 24.3 Å². The molecule has 2 atom stereocenters. The van der Waals surface area contributed by atoms with Crippen molar-refractivity contribution < 1.29 is 4.79 Å². The molecular formula is C17H29N3O. The van der Waals surface area contributed by atoms with Crippen molar-refractivity contribution in [2.75, 3.05) is 11.4 Å². The lowest BCUT2D eigenvalue weighted by molar-refractivity contribution is -0.122. The highest BCUT2D eigenvalue weighted by Gasteiger charge is 2.21. The fourth-order valence-electron chi connectivity index (χ4n) is 2.22. The third kappa shape index (κ3) is 5.05. The van der Waals surface area contributed by atoms with Gasteiger partial charge in [-0.2, -0.15) is 0 Å². The number of rotatable bonds is 8. The van der Waals surface area contributed by atoms with Crippen molar-refractivity contribution in [1.29, 1.82) is 0 Å². The molecule has 0 bridgehead atoms. The maximum atomic E-state index is 12.4. The van der Waals surface area contributed by atoms with Gasteiger partial charge in [0.15, 0.2) is 0 Å². The Kier molecular flexibility index (Phi) is 7.23. The number of carbonyl (C=O) groups excluding carboxylic acids is 1. The van der Waals surface area contributed by atoms with Crippen molar-refractivity contribution in [3.05, 3.63) is 29.8 Å². The van der Waals surface area contributed by atoms with E-state index in [9.17, 15) is 4.79 Å². The minimum Gasteiger partial charge on any atom is -0.360 e. The van der Waals surface area contributed by atoms with Gasteiger partial charge in [0.2, 0.25) is 5.91 Å². The molecule has 0 spiro atoms. The van der Waals surface area contributed by atoms with Crippen LogP contribution in [0.3, 0.4) is 0 Å². The molecule has 4 heteroatoms. The summed E-state index contributed by atoms with van der Waals surface area (Å²) >= 11 is 0. The number of anilines is 1. The highest BCUT2D eigenvalue weighted by molar-refractivity contribution is 5.85. The first-order valence-corrected chi connectivity index (χ1v) is 7.89. The van der Waals surface area contributed by atoms with E-state index in [0.29, 0.717) is 6.54 Å². The number of hydrogen-bond donors (Lipinski definition) is 2. The normalized spacial score (nSPS) is 13.6. The summed E-state index contributed by atoms with van der Waals surface area (Å²) in [6.45, 7) is 9.59. The van der Waals surface area contributed by atoms with Crippen LogP contribution >= 0.6 is 0 Å². The van der Waals surface area contributed by atoms with Crippen LogP contribution in [0.25, 0.3) is 0 Å². The van der Waals surface area contributed by atoms with E-state index in [0.717, 1.165) is 30.6 Å². The largest absolute Gasteiger partial charge is 0.360 e. The van der Waals surface area contributed by atoms with E-state index in [1.165, 1.54) is 0 Å². The van der Waals surface area contributed by atoms with E-state index in [4.69, 9.17) is 5.73 Å². The second kappa shape index (κ2) is 8.67. The molecule has 0 saturated heterocycles. The molecule has 4 nitrogen and oxygen atoms in total. The van der Waals surface area contributed by atoms with Gasteiger partial charge in [-0.3, -0.25) is 4.79 Å². The number of amides is 1. The van der Waals surface area contributed by atoms with Crippen molar-refractivity contribution in [3.63, 3.8) is 0 Å². The highest BCUT2D eigenvalue weighted by atomic mass is 16.2. The lowest BCUT2D eigenvalue weighted by Gasteiger charge is -2.31. The topological polar surface area (TPSA) is 58.4 Å². The quantitative estimate of drug-likeness (QED) is 0.774. The first-order chi connectivity index (χ1) is 10.0. The molecule has 0 aromatic heterocycles. The second-order valence-electron chi connectivity index (χ2n) is 5.56. The maximum absolute atomic E-state index is 12.4. The molecule has 118 valence electrons. The van der Waals surface area contributed by atoms with Gasteiger partial charge in [0.05, 0.1) is 0 Å². The van der Waals surface area contributed by atoms with Gasteiger partial charge < -0.3 is 16.0 Å². The van der Waals surface area contributed by atoms with Crippen LogP contribution in [0.2, 0.25) is 0 Å². The Hall–Kier alpha value is -1.55. The van der Waals surface area contributed by atoms with E-state index < -0.39 is 0 Å². The van der Waals surface area contributed by atoms with E-state index in [-0.39, 0.29) is 18.0 Å². The van der Waals surface area contributed by atoms with E-state index in [1.54, 1.807) is 0 Å². The zero-order valence-electron chi connectivity index (χ0n) is 13.7. The molecule has 21 heavy (non-hydrogen) atoms. The van der Waals surface area contributed by atoms with Crippen molar-refractivity contribution in [1.82, 2.24) is 5.32 Å². The fourth-order valence-corrected chi connectivity index (χ4v) is 2.22. The molecule has 0 saturated carbocycles. The molecular weight excluding hydrogens is 262 g/mol. The number of carbonyl (C=O) groups is 1. The molecule has 1 amide bonds. The first-order valence-electron chi connectivity index (χ1n) is 7.89. The number of nitrogens with one attached hydrogen (secondary N) is 1. The zero-order valence-corrected chi connectivity index (χ0v) is 13.7. The summed E-state index contributed by atoms with van der Waals surface area (Å²) < 4.78 is 0. The van der Waals surface area contributed by atoms with Crippen LogP contribution in [-0.4, -0.2) is 24.5 Å². The van der Waals surface area contributed by atoms with E-state index in [1.807, 2.05) is 38.1 Å². The van der Waals surface area contributed by atoms with Crippen molar-refractivity contribution in [2.24, 2.45) is 5.73 Å². The Morgan fingerprint density at radius 2 is 1.86 bits per heavy atom. The van der Waals surface area contributed by atoms with Crippen molar-refractivity contribution in [3.8, 4) is 0 Å².